The summed E-state index contributed by atoms with van der Waals surface area (Å²) in [6.45, 7) is 7.02. The number of hydrogen-bond acceptors (Lipinski definition) is 5. The quantitative estimate of drug-likeness (QED) is 0.370. The van der Waals surface area contributed by atoms with Gasteiger partial charge in [-0.2, -0.15) is 0 Å². The van der Waals surface area contributed by atoms with Crippen LogP contribution in [0.5, 0.6) is 0 Å². The molecule has 1 heterocycles. The molecule has 0 saturated heterocycles. The molecule has 0 radical (unpaired) electrons. The number of carbonyl (C=O) groups is 1. The van der Waals surface area contributed by atoms with Gasteiger partial charge in [0.15, 0.2) is 11.0 Å². The zero-order valence-electron chi connectivity index (χ0n) is 17.9. The molecule has 0 bridgehead atoms. The topological polar surface area (TPSA) is 69.0 Å². The monoisotopic (exact) mass is 426 g/mol. The fourth-order valence-electron chi connectivity index (χ4n) is 3.30. The van der Waals surface area contributed by atoms with Crippen LogP contribution in [0.15, 0.2) is 47.6 Å². The van der Waals surface area contributed by atoms with E-state index in [0.29, 0.717) is 11.7 Å². The third kappa shape index (κ3) is 6.23. The first-order valence-corrected chi connectivity index (χ1v) is 10.9. The van der Waals surface area contributed by atoms with Gasteiger partial charge in [-0.3, -0.25) is 0 Å². The van der Waals surface area contributed by atoms with Gasteiger partial charge >= 0.3 is 6.09 Å². The summed E-state index contributed by atoms with van der Waals surface area (Å²) in [6.07, 6.45) is 3.65. The van der Waals surface area contributed by atoms with Crippen LogP contribution in [0.1, 0.15) is 46.5 Å². The Kier molecular flexibility index (Phi) is 7.37. The van der Waals surface area contributed by atoms with Crippen LogP contribution in [0.2, 0.25) is 0 Å². The Hall–Kier alpha value is -2.54. The number of hydrogen-bond donors (Lipinski definition) is 2. The molecule has 6 nitrogen and oxygen atoms in total. The van der Waals surface area contributed by atoms with Crippen LogP contribution in [0.3, 0.4) is 0 Å². The molecule has 0 saturated carbocycles. The molecule has 1 amide bonds. The maximum absolute atomic E-state index is 11.6. The van der Waals surface area contributed by atoms with Gasteiger partial charge in [-0.05, 0) is 50.5 Å². The lowest BCUT2D eigenvalue weighted by Gasteiger charge is -2.19. The molecule has 0 aliphatic heterocycles. The van der Waals surface area contributed by atoms with Crippen LogP contribution in [0, 0.1) is 0 Å². The maximum Gasteiger partial charge on any atom is 0.407 e. The lowest BCUT2D eigenvalue weighted by molar-refractivity contribution is 0.0527. The number of carbonyl (C=O) groups excluding carboxylic acids is 1. The van der Waals surface area contributed by atoms with E-state index in [2.05, 4.69) is 63.0 Å². The smallest absolute Gasteiger partial charge is 0.407 e. The van der Waals surface area contributed by atoms with Crippen molar-refractivity contribution in [3.63, 3.8) is 0 Å². The van der Waals surface area contributed by atoms with E-state index in [1.165, 1.54) is 10.8 Å². The third-order valence-electron chi connectivity index (χ3n) is 4.72. The Bertz CT molecular complexity index is 994. The molecule has 0 aliphatic rings. The Labute approximate surface area is 183 Å². The van der Waals surface area contributed by atoms with E-state index >= 15 is 0 Å². The van der Waals surface area contributed by atoms with Crippen molar-refractivity contribution in [2.75, 3.05) is 6.54 Å². The summed E-state index contributed by atoms with van der Waals surface area (Å²) in [4.78, 5) is 11.6. The number of rotatable bonds is 8. The lowest BCUT2D eigenvalue weighted by atomic mass is 10.1. The van der Waals surface area contributed by atoms with Crippen LogP contribution in [-0.2, 0) is 11.3 Å². The maximum atomic E-state index is 11.6. The van der Waals surface area contributed by atoms with Crippen molar-refractivity contribution in [2.45, 2.75) is 63.8 Å². The molecule has 3 aromatic rings. The van der Waals surface area contributed by atoms with Gasteiger partial charge in [0.05, 0.1) is 0 Å². The zero-order chi connectivity index (χ0) is 21.6. The second kappa shape index (κ2) is 9.98. The second-order valence-electron chi connectivity index (χ2n) is 8.38. The number of unbranched alkanes of at least 4 members (excludes halogenated alkanes) is 3. The SMILES string of the molecule is CC(C)(C)OC(=O)NCCCCCCn1c(S)nnc1-c1ccc2ccccc2c1. The molecule has 3 rings (SSSR count). The lowest BCUT2D eigenvalue weighted by Crippen LogP contribution is -2.32. The highest BCUT2D eigenvalue weighted by Crippen LogP contribution is 2.25. The minimum atomic E-state index is -0.462. The summed E-state index contributed by atoms with van der Waals surface area (Å²) in [5.41, 5.74) is 0.582. The number of benzene rings is 2. The standard InChI is InChI=1S/C23H30N4O2S/c1-23(2,3)29-22(28)24-14-8-4-5-9-15-27-20(25-26-21(27)30)19-13-12-17-10-6-7-11-18(17)16-19/h6-7,10-13,16H,4-5,8-9,14-15H2,1-3H3,(H,24,28)(H,26,30). The fraction of sp³-hybridized carbons (Fsp3) is 0.435. The van der Waals surface area contributed by atoms with E-state index < -0.39 is 5.60 Å². The first-order valence-electron chi connectivity index (χ1n) is 10.4. The van der Waals surface area contributed by atoms with Crippen LogP contribution in [0.25, 0.3) is 22.2 Å². The molecular weight excluding hydrogens is 396 g/mol. The number of nitrogens with one attached hydrogen (secondary N) is 1. The largest absolute Gasteiger partial charge is 0.444 e. The van der Waals surface area contributed by atoms with Crippen molar-refractivity contribution < 1.29 is 9.53 Å². The number of amides is 1. The van der Waals surface area contributed by atoms with Gasteiger partial charge in [-0.1, -0.05) is 49.2 Å². The average molecular weight is 427 g/mol. The van der Waals surface area contributed by atoms with Crippen LogP contribution < -0.4 is 5.32 Å². The molecule has 160 valence electrons. The minimum absolute atomic E-state index is 0.355. The van der Waals surface area contributed by atoms with Crippen molar-refractivity contribution in [3.8, 4) is 11.4 Å². The van der Waals surface area contributed by atoms with Gasteiger partial charge in [0.1, 0.15) is 5.60 Å². The molecule has 2 aromatic carbocycles. The minimum Gasteiger partial charge on any atom is -0.444 e. The van der Waals surface area contributed by atoms with Crippen molar-refractivity contribution in [2.24, 2.45) is 0 Å². The molecule has 0 fully saturated rings. The summed E-state index contributed by atoms with van der Waals surface area (Å²) < 4.78 is 7.30. The van der Waals surface area contributed by atoms with Gasteiger partial charge in [0, 0.05) is 18.7 Å². The highest BCUT2D eigenvalue weighted by Gasteiger charge is 2.15. The van der Waals surface area contributed by atoms with Crippen molar-refractivity contribution in [3.05, 3.63) is 42.5 Å². The van der Waals surface area contributed by atoms with E-state index in [1.807, 2.05) is 32.9 Å². The fourth-order valence-corrected chi connectivity index (χ4v) is 3.54. The zero-order valence-corrected chi connectivity index (χ0v) is 18.8. The molecule has 1 aromatic heterocycles. The Morgan fingerprint density at radius 3 is 2.53 bits per heavy atom. The van der Waals surface area contributed by atoms with Crippen LogP contribution in [-0.4, -0.2) is 33.0 Å². The highest BCUT2D eigenvalue weighted by molar-refractivity contribution is 7.80. The molecule has 1 N–H and O–H groups in total. The van der Waals surface area contributed by atoms with Gasteiger partial charge in [0.2, 0.25) is 0 Å². The summed E-state index contributed by atoms with van der Waals surface area (Å²) in [5.74, 6) is 0.845. The van der Waals surface area contributed by atoms with E-state index in [-0.39, 0.29) is 6.09 Å². The summed E-state index contributed by atoms with van der Waals surface area (Å²) in [7, 11) is 0. The van der Waals surface area contributed by atoms with Crippen molar-refractivity contribution >= 4 is 29.5 Å². The van der Waals surface area contributed by atoms with Crippen molar-refractivity contribution in [1.82, 2.24) is 20.1 Å². The van der Waals surface area contributed by atoms with E-state index in [4.69, 9.17) is 4.74 Å². The summed E-state index contributed by atoms with van der Waals surface area (Å²) in [5, 5.41) is 14.3. The first-order chi connectivity index (χ1) is 14.3. The first kappa shape index (κ1) is 22.2. The van der Waals surface area contributed by atoms with E-state index in [0.717, 1.165) is 43.6 Å². The number of ether oxygens (including phenoxy) is 1. The van der Waals surface area contributed by atoms with Crippen molar-refractivity contribution in [1.29, 1.82) is 0 Å². The van der Waals surface area contributed by atoms with Gasteiger partial charge < -0.3 is 14.6 Å². The van der Waals surface area contributed by atoms with E-state index in [9.17, 15) is 4.79 Å². The molecular formula is C23H30N4O2S. The molecule has 0 unspecified atom stereocenters. The van der Waals surface area contributed by atoms with Gasteiger partial charge in [-0.25, -0.2) is 4.79 Å². The van der Waals surface area contributed by atoms with Crippen LogP contribution >= 0.6 is 12.6 Å². The predicted molar refractivity (Wildman–Crippen MR) is 123 cm³/mol. The Balaban J connectivity index is 1.47. The summed E-state index contributed by atoms with van der Waals surface area (Å²) >= 11 is 4.49. The number of alkyl carbamates (subject to hydrolysis) is 1. The number of fused-ring (bicyclic) bond motifs is 1. The molecule has 0 atom stereocenters. The van der Waals surface area contributed by atoms with Gasteiger partial charge in [-0.15, -0.1) is 22.8 Å². The highest BCUT2D eigenvalue weighted by atomic mass is 32.1. The molecule has 0 aliphatic carbocycles. The number of nitrogens with zero attached hydrogens (tertiary/aromatic N) is 3. The second-order valence-corrected chi connectivity index (χ2v) is 8.78. The number of thiol groups is 1. The Morgan fingerprint density at radius 2 is 1.77 bits per heavy atom. The predicted octanol–water partition coefficient (Wildman–Crippen LogP) is 5.47. The molecule has 0 spiro atoms. The summed E-state index contributed by atoms with van der Waals surface area (Å²) in [6, 6.07) is 14.6. The van der Waals surface area contributed by atoms with E-state index in [1.54, 1.807) is 0 Å². The number of aromatic nitrogens is 3. The normalized spacial score (nSPS) is 11.6. The average Bonchev–Trinajstić information content (AvgIpc) is 3.06. The Morgan fingerprint density at radius 1 is 1.03 bits per heavy atom. The van der Waals surface area contributed by atoms with Gasteiger partial charge in [0.25, 0.3) is 0 Å². The third-order valence-corrected chi connectivity index (χ3v) is 5.05. The van der Waals surface area contributed by atoms with Crippen LogP contribution in [0.4, 0.5) is 4.79 Å². The molecule has 7 heteroatoms. The molecule has 30 heavy (non-hydrogen) atoms.